The molecule has 0 saturated heterocycles. The lowest BCUT2D eigenvalue weighted by Gasteiger charge is -2.25. The summed E-state index contributed by atoms with van der Waals surface area (Å²) < 4.78 is 0. The van der Waals surface area contributed by atoms with E-state index in [1.54, 1.807) is 12.1 Å². The van der Waals surface area contributed by atoms with E-state index in [-0.39, 0.29) is 18.3 Å². The summed E-state index contributed by atoms with van der Waals surface area (Å²) in [5.41, 5.74) is 1.29. The van der Waals surface area contributed by atoms with Crippen LogP contribution in [0, 0.1) is 5.92 Å². The molecule has 0 bridgehead atoms. The molecule has 0 spiro atoms. The van der Waals surface area contributed by atoms with E-state index in [1.807, 2.05) is 12.1 Å². The van der Waals surface area contributed by atoms with Gasteiger partial charge in [0.1, 0.15) is 12.0 Å². The number of phenols is 1. The van der Waals surface area contributed by atoms with Crippen LogP contribution in [0.1, 0.15) is 37.2 Å². The van der Waals surface area contributed by atoms with E-state index in [0.29, 0.717) is 11.7 Å². The molecule has 0 aromatic heterocycles. The third kappa shape index (κ3) is 2.99. The number of carbonyl (C=O) groups excluding carboxylic acids is 1. The quantitative estimate of drug-likeness (QED) is 0.806. The van der Waals surface area contributed by atoms with Gasteiger partial charge < -0.3 is 9.90 Å². The molecule has 1 N–H and O–H groups in total. The first-order chi connectivity index (χ1) is 7.29. The third-order valence-electron chi connectivity index (χ3n) is 3.33. The predicted octanol–water partition coefficient (Wildman–Crippen LogP) is 3.29. The second-order valence-electron chi connectivity index (χ2n) is 4.34. The average Bonchev–Trinajstić information content (AvgIpc) is 2.30. The summed E-state index contributed by atoms with van der Waals surface area (Å²) in [7, 11) is 0. The van der Waals surface area contributed by atoms with Crippen molar-refractivity contribution < 1.29 is 9.90 Å². The molecule has 1 aromatic rings. The van der Waals surface area contributed by atoms with Gasteiger partial charge in [0.25, 0.3) is 0 Å². The molecule has 1 aliphatic rings. The van der Waals surface area contributed by atoms with Crippen molar-refractivity contribution in [2.75, 3.05) is 0 Å². The molecular weight excluding hydrogens is 224 g/mol. The molecule has 16 heavy (non-hydrogen) atoms. The maximum Gasteiger partial charge on any atom is 0.123 e. The largest absolute Gasteiger partial charge is 0.508 e. The monoisotopic (exact) mass is 240 g/mol. The van der Waals surface area contributed by atoms with Crippen molar-refractivity contribution in [1.82, 2.24) is 0 Å². The minimum atomic E-state index is 0. The van der Waals surface area contributed by atoms with Crippen LogP contribution in [0.3, 0.4) is 0 Å². The Morgan fingerprint density at radius 3 is 2.12 bits per heavy atom. The molecule has 3 heteroatoms. The third-order valence-corrected chi connectivity index (χ3v) is 3.33. The molecule has 1 fully saturated rings. The van der Waals surface area contributed by atoms with E-state index in [9.17, 15) is 9.90 Å². The van der Waals surface area contributed by atoms with Gasteiger partial charge in [0, 0.05) is 5.92 Å². The number of phenolic OH excluding ortho intramolecular Hbond substituents is 1. The summed E-state index contributed by atoms with van der Waals surface area (Å²) >= 11 is 0. The van der Waals surface area contributed by atoms with Crippen LogP contribution in [0.2, 0.25) is 0 Å². The van der Waals surface area contributed by atoms with Crippen molar-refractivity contribution in [2.24, 2.45) is 5.92 Å². The minimum Gasteiger partial charge on any atom is -0.508 e. The van der Waals surface area contributed by atoms with Crippen molar-refractivity contribution in [2.45, 2.75) is 31.6 Å². The van der Waals surface area contributed by atoms with Gasteiger partial charge in [-0.3, -0.25) is 0 Å². The topological polar surface area (TPSA) is 37.3 Å². The van der Waals surface area contributed by atoms with Gasteiger partial charge in [0.05, 0.1) is 0 Å². The lowest BCUT2D eigenvalue weighted by molar-refractivity contribution is -0.111. The highest BCUT2D eigenvalue weighted by Gasteiger charge is 2.21. The molecule has 1 saturated carbocycles. The molecule has 0 atom stereocenters. The van der Waals surface area contributed by atoms with E-state index >= 15 is 0 Å². The fraction of sp³-hybridized carbons (Fsp3) is 0.462. The smallest absolute Gasteiger partial charge is 0.123 e. The van der Waals surface area contributed by atoms with Crippen LogP contribution in [0.5, 0.6) is 5.75 Å². The maximum absolute atomic E-state index is 10.6. The van der Waals surface area contributed by atoms with E-state index in [1.165, 1.54) is 5.56 Å². The van der Waals surface area contributed by atoms with E-state index in [4.69, 9.17) is 0 Å². The number of hydrogen-bond acceptors (Lipinski definition) is 2. The molecule has 0 aliphatic heterocycles. The Morgan fingerprint density at radius 2 is 1.62 bits per heavy atom. The molecule has 0 radical (unpaired) electrons. The zero-order valence-corrected chi connectivity index (χ0v) is 9.95. The van der Waals surface area contributed by atoms with Gasteiger partial charge in [-0.1, -0.05) is 12.1 Å². The van der Waals surface area contributed by atoms with Gasteiger partial charge in [-0.05, 0) is 49.3 Å². The Balaban J connectivity index is 0.00000128. The molecule has 0 heterocycles. The van der Waals surface area contributed by atoms with E-state index in [2.05, 4.69) is 0 Å². The van der Waals surface area contributed by atoms with Crippen LogP contribution < -0.4 is 0 Å². The van der Waals surface area contributed by atoms with Gasteiger partial charge in [-0.2, -0.15) is 0 Å². The predicted molar refractivity (Wildman–Crippen MR) is 66.1 cm³/mol. The Morgan fingerprint density at radius 1 is 1.06 bits per heavy atom. The number of aldehydes is 1. The molecule has 1 aromatic carbocycles. The SMILES string of the molecule is Cl.O=CC1CCC(c2ccc(O)cc2)CC1. The van der Waals surface area contributed by atoms with Gasteiger partial charge >= 0.3 is 0 Å². The zero-order chi connectivity index (χ0) is 10.7. The molecule has 2 rings (SSSR count). The van der Waals surface area contributed by atoms with Crippen LogP contribution in [-0.4, -0.2) is 11.4 Å². The highest BCUT2D eigenvalue weighted by Crippen LogP contribution is 2.35. The van der Waals surface area contributed by atoms with Crippen LogP contribution in [0.15, 0.2) is 24.3 Å². The van der Waals surface area contributed by atoms with Gasteiger partial charge in [0.2, 0.25) is 0 Å². The van der Waals surface area contributed by atoms with Crippen LogP contribution in [0.4, 0.5) is 0 Å². The van der Waals surface area contributed by atoms with Gasteiger partial charge in [0.15, 0.2) is 0 Å². The second kappa shape index (κ2) is 5.90. The number of hydrogen-bond donors (Lipinski definition) is 1. The molecule has 1 aliphatic carbocycles. The highest BCUT2D eigenvalue weighted by molar-refractivity contribution is 5.85. The van der Waals surface area contributed by atoms with Crippen molar-refractivity contribution >= 4 is 18.7 Å². The Bertz CT molecular complexity index is 326. The van der Waals surface area contributed by atoms with Crippen LogP contribution >= 0.6 is 12.4 Å². The zero-order valence-electron chi connectivity index (χ0n) is 9.13. The van der Waals surface area contributed by atoms with Gasteiger partial charge in [-0.25, -0.2) is 0 Å². The first-order valence-corrected chi connectivity index (χ1v) is 5.54. The lowest BCUT2D eigenvalue weighted by Crippen LogP contribution is -2.13. The Labute approximate surface area is 102 Å². The summed E-state index contributed by atoms with van der Waals surface area (Å²) in [5.74, 6) is 1.17. The molecular formula is C13H17ClO2. The van der Waals surface area contributed by atoms with Crippen molar-refractivity contribution in [3.05, 3.63) is 29.8 Å². The average molecular weight is 241 g/mol. The number of aromatic hydroxyl groups is 1. The summed E-state index contributed by atoms with van der Waals surface area (Å²) in [6, 6.07) is 7.45. The van der Waals surface area contributed by atoms with E-state index in [0.717, 1.165) is 32.0 Å². The number of halogens is 1. The summed E-state index contributed by atoms with van der Waals surface area (Å²) in [6.45, 7) is 0. The standard InChI is InChI=1S/C13H16O2.ClH/c14-9-10-1-3-11(4-2-10)12-5-7-13(15)8-6-12;/h5-11,15H,1-4H2;1H. The number of benzene rings is 1. The van der Waals surface area contributed by atoms with Gasteiger partial charge in [-0.15, -0.1) is 12.4 Å². The fourth-order valence-electron chi connectivity index (χ4n) is 2.34. The number of rotatable bonds is 2. The minimum absolute atomic E-state index is 0. The maximum atomic E-state index is 10.6. The summed E-state index contributed by atoms with van der Waals surface area (Å²) in [5, 5.41) is 9.19. The summed E-state index contributed by atoms with van der Waals surface area (Å²) in [4.78, 5) is 10.6. The Hall–Kier alpha value is -1.02. The first kappa shape index (κ1) is 13.0. The fourth-order valence-corrected chi connectivity index (χ4v) is 2.34. The van der Waals surface area contributed by atoms with Crippen LogP contribution in [-0.2, 0) is 4.79 Å². The summed E-state index contributed by atoms with van der Waals surface area (Å²) in [6.07, 6.45) is 5.29. The molecule has 0 unspecified atom stereocenters. The van der Waals surface area contributed by atoms with Crippen molar-refractivity contribution in [3.8, 4) is 5.75 Å². The lowest BCUT2D eigenvalue weighted by atomic mass is 9.79. The highest BCUT2D eigenvalue weighted by atomic mass is 35.5. The second-order valence-corrected chi connectivity index (χ2v) is 4.34. The molecule has 88 valence electrons. The first-order valence-electron chi connectivity index (χ1n) is 5.54. The van der Waals surface area contributed by atoms with Crippen molar-refractivity contribution in [3.63, 3.8) is 0 Å². The normalized spacial score (nSPS) is 24.5. The molecule has 0 amide bonds. The molecule has 2 nitrogen and oxygen atoms in total. The van der Waals surface area contributed by atoms with E-state index < -0.39 is 0 Å². The van der Waals surface area contributed by atoms with Crippen LogP contribution in [0.25, 0.3) is 0 Å². The number of carbonyl (C=O) groups is 1. The Kier molecular flexibility index (Phi) is 4.81. The van der Waals surface area contributed by atoms with Crippen molar-refractivity contribution in [1.29, 1.82) is 0 Å².